The normalized spacial score (nSPS) is 11.3. The highest BCUT2D eigenvalue weighted by Gasteiger charge is 1.94. The van der Waals surface area contributed by atoms with E-state index in [9.17, 15) is 0 Å². The van der Waals surface area contributed by atoms with Crippen LogP contribution in [-0.2, 0) is 0 Å². The Kier molecular flexibility index (Phi) is 9.63. The quantitative estimate of drug-likeness (QED) is 0.440. The molecule has 0 heteroatoms. The van der Waals surface area contributed by atoms with E-state index in [1.807, 2.05) is 26.0 Å². The minimum atomic E-state index is 1.07. The van der Waals surface area contributed by atoms with Crippen molar-refractivity contribution in [3.63, 3.8) is 0 Å². The van der Waals surface area contributed by atoms with Crippen LogP contribution < -0.4 is 0 Å². The Morgan fingerprint density at radius 1 is 1.15 bits per heavy atom. The van der Waals surface area contributed by atoms with Gasteiger partial charge in [0.05, 0.1) is 0 Å². The van der Waals surface area contributed by atoms with Crippen molar-refractivity contribution in [1.82, 2.24) is 0 Å². The molecule has 0 radical (unpaired) electrons. The summed E-state index contributed by atoms with van der Waals surface area (Å²) >= 11 is 0. The van der Waals surface area contributed by atoms with Gasteiger partial charge in [0.1, 0.15) is 0 Å². The summed E-state index contributed by atoms with van der Waals surface area (Å²) in [5, 5.41) is 0. The molecule has 0 heterocycles. The van der Waals surface area contributed by atoms with Crippen LogP contribution in [0.3, 0.4) is 0 Å². The Bertz CT molecular complexity index is 226. The third kappa shape index (κ3) is 5.92. The lowest BCUT2D eigenvalue weighted by molar-refractivity contribution is 1.36. The van der Waals surface area contributed by atoms with Crippen LogP contribution in [0.5, 0.6) is 0 Å². The molecule has 0 fully saturated rings. The molecule has 0 aliphatic rings. The molecule has 0 aliphatic carbocycles. The lowest BCUT2D eigenvalue weighted by Gasteiger charge is -2.02. The molecule has 0 saturated carbocycles. The summed E-state index contributed by atoms with van der Waals surface area (Å²) in [4.78, 5) is 0. The lowest BCUT2D eigenvalue weighted by Crippen LogP contribution is -1.82. The second-order valence-corrected chi connectivity index (χ2v) is 2.58. The van der Waals surface area contributed by atoms with Crippen molar-refractivity contribution in [3.8, 4) is 0 Å². The first kappa shape index (κ1) is 14.2. The van der Waals surface area contributed by atoms with Gasteiger partial charge in [0.15, 0.2) is 0 Å². The van der Waals surface area contributed by atoms with E-state index in [1.54, 1.807) is 0 Å². The van der Waals surface area contributed by atoms with E-state index in [1.165, 1.54) is 5.57 Å². The molecule has 0 rings (SSSR count). The molecule has 0 nitrogen and oxygen atoms in total. The van der Waals surface area contributed by atoms with Crippen molar-refractivity contribution in [3.05, 3.63) is 61.3 Å². The van der Waals surface area contributed by atoms with Gasteiger partial charge in [-0.15, -0.1) is 13.2 Å². The topological polar surface area (TPSA) is 0 Å². The van der Waals surface area contributed by atoms with Gasteiger partial charge in [0.25, 0.3) is 0 Å². The molecule has 0 aromatic rings. The highest BCUT2D eigenvalue weighted by atomic mass is 14.0. The molecule has 0 bridgehead atoms. The zero-order valence-corrected chi connectivity index (χ0v) is 9.06. The summed E-state index contributed by atoms with van der Waals surface area (Å²) < 4.78 is 0. The maximum Gasteiger partial charge on any atom is -0.0210 e. The Balaban J connectivity index is 0. The number of hydrogen-bond donors (Lipinski definition) is 0. The molecule has 0 amide bonds. The van der Waals surface area contributed by atoms with Gasteiger partial charge in [-0.05, 0) is 31.9 Å². The van der Waals surface area contributed by atoms with Gasteiger partial charge in [-0.3, -0.25) is 0 Å². The van der Waals surface area contributed by atoms with Crippen molar-refractivity contribution >= 4 is 0 Å². The number of allylic oxidation sites excluding steroid dienone is 6. The summed E-state index contributed by atoms with van der Waals surface area (Å²) in [6, 6.07) is 0. The fourth-order valence-corrected chi connectivity index (χ4v) is 1.01. The molecule has 0 unspecified atom stereocenters. The van der Waals surface area contributed by atoms with E-state index >= 15 is 0 Å². The molecule has 0 aliphatic heterocycles. The predicted octanol–water partition coefficient (Wildman–Crippen LogP) is 4.44. The average Bonchev–Trinajstić information content (AvgIpc) is 2.09. The largest absolute Gasteiger partial charge is 0.106 e. The zero-order chi connectivity index (χ0) is 10.9. The van der Waals surface area contributed by atoms with Crippen molar-refractivity contribution in [2.45, 2.75) is 20.8 Å². The standard InChI is InChI=1S/C11H16.C2H4/c1-6-8-10(5)11(7-2)9(3)4;1-2/h6-8H,2-3H2,1,4-5H3;1-2H2/b8-6-,11-10-;. The fraction of sp³-hybridized carbons (Fsp3) is 0.231. The molecule has 13 heavy (non-hydrogen) atoms. The number of rotatable bonds is 3. The van der Waals surface area contributed by atoms with E-state index in [4.69, 9.17) is 0 Å². The summed E-state index contributed by atoms with van der Waals surface area (Å²) in [6.07, 6.45) is 5.92. The van der Waals surface area contributed by atoms with E-state index in [0.717, 1.165) is 11.1 Å². The van der Waals surface area contributed by atoms with Crippen molar-refractivity contribution in [1.29, 1.82) is 0 Å². The van der Waals surface area contributed by atoms with Crippen LogP contribution in [0, 0.1) is 0 Å². The number of hydrogen-bond acceptors (Lipinski definition) is 0. The van der Waals surface area contributed by atoms with E-state index < -0.39 is 0 Å². The minimum Gasteiger partial charge on any atom is -0.106 e. The first-order valence-electron chi connectivity index (χ1n) is 4.25. The smallest absolute Gasteiger partial charge is 0.0210 e. The van der Waals surface area contributed by atoms with Crippen molar-refractivity contribution in [2.75, 3.05) is 0 Å². The SMILES string of the molecule is C=C.C=C/C(C(=C)C)=C(C)/C=C\C. The van der Waals surface area contributed by atoms with Gasteiger partial charge in [0, 0.05) is 0 Å². The van der Waals surface area contributed by atoms with Crippen molar-refractivity contribution < 1.29 is 0 Å². The van der Waals surface area contributed by atoms with Crippen LogP contribution in [-0.4, -0.2) is 0 Å². The molecule has 0 aromatic carbocycles. The minimum absolute atomic E-state index is 1.07. The van der Waals surface area contributed by atoms with Gasteiger partial charge in [-0.25, -0.2) is 0 Å². The summed E-state index contributed by atoms with van der Waals surface area (Å²) in [7, 11) is 0. The average molecular weight is 176 g/mol. The first-order chi connectivity index (χ1) is 6.13. The van der Waals surface area contributed by atoms with Gasteiger partial charge in [0.2, 0.25) is 0 Å². The van der Waals surface area contributed by atoms with Gasteiger partial charge < -0.3 is 0 Å². The van der Waals surface area contributed by atoms with Crippen LogP contribution in [0.15, 0.2) is 61.3 Å². The van der Waals surface area contributed by atoms with Crippen LogP contribution >= 0.6 is 0 Å². The van der Waals surface area contributed by atoms with Gasteiger partial charge >= 0.3 is 0 Å². The fourth-order valence-electron chi connectivity index (χ4n) is 1.01. The Morgan fingerprint density at radius 2 is 1.62 bits per heavy atom. The van der Waals surface area contributed by atoms with Crippen LogP contribution in [0.4, 0.5) is 0 Å². The first-order valence-corrected chi connectivity index (χ1v) is 4.25. The van der Waals surface area contributed by atoms with E-state index in [2.05, 4.69) is 39.3 Å². The van der Waals surface area contributed by atoms with Crippen LogP contribution in [0.25, 0.3) is 0 Å². The van der Waals surface area contributed by atoms with Crippen LogP contribution in [0.2, 0.25) is 0 Å². The molecule has 0 spiro atoms. The van der Waals surface area contributed by atoms with Crippen molar-refractivity contribution in [2.24, 2.45) is 0 Å². The molecular formula is C13H20. The highest BCUT2D eigenvalue weighted by molar-refractivity contribution is 5.43. The molecule has 0 saturated heterocycles. The second kappa shape index (κ2) is 8.79. The molecule has 0 aromatic heterocycles. The van der Waals surface area contributed by atoms with E-state index in [0.29, 0.717) is 0 Å². The summed E-state index contributed by atoms with van der Waals surface area (Å²) in [5.74, 6) is 0. The predicted molar refractivity (Wildman–Crippen MR) is 63.8 cm³/mol. The lowest BCUT2D eigenvalue weighted by atomic mass is 10.0. The summed E-state index contributed by atoms with van der Waals surface area (Å²) in [5.41, 5.74) is 3.42. The van der Waals surface area contributed by atoms with Gasteiger partial charge in [-0.1, -0.05) is 37.0 Å². The monoisotopic (exact) mass is 176 g/mol. The third-order valence-electron chi connectivity index (χ3n) is 1.51. The van der Waals surface area contributed by atoms with Gasteiger partial charge in [-0.2, -0.15) is 0 Å². The molecule has 72 valence electrons. The molecular weight excluding hydrogens is 156 g/mol. The molecule has 0 atom stereocenters. The highest BCUT2D eigenvalue weighted by Crippen LogP contribution is 2.14. The third-order valence-corrected chi connectivity index (χ3v) is 1.51. The Labute approximate surface area is 82.7 Å². The second-order valence-electron chi connectivity index (χ2n) is 2.58. The van der Waals surface area contributed by atoms with Crippen LogP contribution in [0.1, 0.15) is 20.8 Å². The Morgan fingerprint density at radius 3 is 1.85 bits per heavy atom. The molecule has 0 N–H and O–H groups in total. The summed E-state index contributed by atoms with van der Waals surface area (Å²) in [6.45, 7) is 19.7. The zero-order valence-electron chi connectivity index (χ0n) is 9.06. The maximum atomic E-state index is 3.87. The van der Waals surface area contributed by atoms with E-state index in [-0.39, 0.29) is 0 Å². The Hall–Kier alpha value is -1.30. The maximum absolute atomic E-state index is 3.87.